The number of nitrogens with zero attached hydrogens (tertiary/aromatic N) is 4. The lowest BCUT2D eigenvalue weighted by molar-refractivity contribution is 0.0525. The highest BCUT2D eigenvalue weighted by Crippen LogP contribution is 2.28. The van der Waals surface area contributed by atoms with E-state index in [1.807, 2.05) is 25.1 Å². The van der Waals surface area contributed by atoms with Crippen LogP contribution in [-0.4, -0.2) is 56.4 Å². The van der Waals surface area contributed by atoms with Gasteiger partial charge in [0.2, 0.25) is 5.16 Å². The van der Waals surface area contributed by atoms with Crippen LogP contribution in [-0.2, 0) is 4.74 Å². The molecule has 2 aromatic heterocycles. The highest BCUT2D eigenvalue weighted by molar-refractivity contribution is 7.99. The summed E-state index contributed by atoms with van der Waals surface area (Å²) in [5, 5.41) is 12.3. The van der Waals surface area contributed by atoms with E-state index in [0.29, 0.717) is 39.1 Å². The van der Waals surface area contributed by atoms with Crippen LogP contribution in [0.2, 0.25) is 0 Å². The first-order chi connectivity index (χ1) is 14.4. The third-order valence-electron chi connectivity index (χ3n) is 4.53. The van der Waals surface area contributed by atoms with Gasteiger partial charge in [-0.1, -0.05) is 17.8 Å². The van der Waals surface area contributed by atoms with E-state index in [2.05, 4.69) is 20.5 Å². The van der Waals surface area contributed by atoms with E-state index in [1.165, 1.54) is 11.8 Å². The number of ether oxygens (including phenoxy) is 2. The van der Waals surface area contributed by atoms with Crippen LogP contribution >= 0.6 is 11.8 Å². The zero-order chi connectivity index (χ0) is 21.8. The van der Waals surface area contributed by atoms with Crippen LogP contribution in [0.3, 0.4) is 0 Å². The van der Waals surface area contributed by atoms with Crippen LogP contribution in [0.1, 0.15) is 44.6 Å². The van der Waals surface area contributed by atoms with Crippen molar-refractivity contribution in [2.24, 2.45) is 0 Å². The number of nitrogens with one attached hydrogen (secondary N) is 1. The molecule has 0 aliphatic heterocycles. The molecule has 0 fully saturated rings. The van der Waals surface area contributed by atoms with Crippen molar-refractivity contribution in [2.75, 3.05) is 19.5 Å². The van der Waals surface area contributed by atoms with Crippen molar-refractivity contribution in [1.29, 1.82) is 0 Å². The minimum Gasteiger partial charge on any atom is -0.494 e. The molecule has 0 aliphatic carbocycles. The molecular formula is C20H23N5O4S. The number of H-pyrrole nitrogens is 1. The molecule has 0 amide bonds. The van der Waals surface area contributed by atoms with Crippen LogP contribution in [0.4, 0.5) is 0 Å². The summed E-state index contributed by atoms with van der Waals surface area (Å²) in [7, 11) is 1.58. The molecule has 0 atom stereocenters. The summed E-state index contributed by atoms with van der Waals surface area (Å²) in [4.78, 5) is 28.0. The van der Waals surface area contributed by atoms with E-state index >= 15 is 0 Å². The van der Waals surface area contributed by atoms with Crippen molar-refractivity contribution in [3.8, 4) is 11.4 Å². The summed E-state index contributed by atoms with van der Waals surface area (Å²) in [6.07, 6.45) is 0. The van der Waals surface area contributed by atoms with Gasteiger partial charge in [0, 0.05) is 5.69 Å². The Morgan fingerprint density at radius 3 is 2.70 bits per heavy atom. The molecular weight excluding hydrogens is 406 g/mol. The lowest BCUT2D eigenvalue weighted by Crippen LogP contribution is -2.09. The average Bonchev–Trinajstić information content (AvgIpc) is 3.30. The Morgan fingerprint density at radius 1 is 1.23 bits per heavy atom. The van der Waals surface area contributed by atoms with Gasteiger partial charge in [-0.2, -0.15) is 4.68 Å². The molecule has 2 heterocycles. The molecule has 10 heteroatoms. The van der Waals surface area contributed by atoms with Crippen molar-refractivity contribution in [2.45, 2.75) is 32.9 Å². The van der Waals surface area contributed by atoms with Gasteiger partial charge in [0.1, 0.15) is 11.4 Å². The number of Topliss-reactive ketones (excluding diaryl/α,β-unsaturated/α-hetero) is 1. The van der Waals surface area contributed by atoms with Gasteiger partial charge in [-0.3, -0.25) is 4.79 Å². The van der Waals surface area contributed by atoms with Crippen molar-refractivity contribution >= 4 is 23.5 Å². The summed E-state index contributed by atoms with van der Waals surface area (Å²) < 4.78 is 12.0. The smallest absolute Gasteiger partial charge is 0.340 e. The highest BCUT2D eigenvalue weighted by Gasteiger charge is 2.23. The van der Waals surface area contributed by atoms with E-state index in [4.69, 9.17) is 9.47 Å². The van der Waals surface area contributed by atoms with E-state index in [9.17, 15) is 9.59 Å². The zero-order valence-corrected chi connectivity index (χ0v) is 18.3. The van der Waals surface area contributed by atoms with E-state index in [-0.39, 0.29) is 18.1 Å². The molecule has 0 unspecified atom stereocenters. The number of esters is 1. The maximum absolute atomic E-state index is 12.8. The number of hydrogen-bond acceptors (Lipinski definition) is 8. The Morgan fingerprint density at radius 2 is 2.00 bits per heavy atom. The highest BCUT2D eigenvalue weighted by atomic mass is 32.2. The molecule has 3 aromatic rings. The van der Waals surface area contributed by atoms with Crippen LogP contribution in [0.25, 0.3) is 5.69 Å². The number of methoxy groups -OCH3 is 1. The lowest BCUT2D eigenvalue weighted by Gasteiger charge is -2.10. The first-order valence-electron chi connectivity index (χ1n) is 9.33. The third kappa shape index (κ3) is 4.23. The summed E-state index contributed by atoms with van der Waals surface area (Å²) >= 11 is 1.20. The topological polar surface area (TPSA) is 112 Å². The van der Waals surface area contributed by atoms with Gasteiger partial charge in [0.05, 0.1) is 30.7 Å². The lowest BCUT2D eigenvalue weighted by atomic mass is 10.1. The Balaban J connectivity index is 1.81. The Kier molecular flexibility index (Phi) is 6.56. The summed E-state index contributed by atoms with van der Waals surface area (Å²) in [6, 6.07) is 5.68. The van der Waals surface area contributed by atoms with Crippen LogP contribution in [0.5, 0.6) is 5.75 Å². The monoisotopic (exact) mass is 429 g/mol. The van der Waals surface area contributed by atoms with Gasteiger partial charge in [-0.25, -0.2) is 4.79 Å². The molecule has 0 aliphatic rings. The molecule has 1 aromatic carbocycles. The number of aryl methyl sites for hydroxylation is 2. The fraction of sp³-hybridized carbons (Fsp3) is 0.350. The summed E-state index contributed by atoms with van der Waals surface area (Å²) in [5.74, 6) is 0.112. The summed E-state index contributed by atoms with van der Waals surface area (Å²) in [6.45, 7) is 7.45. The predicted octanol–water partition coefficient (Wildman–Crippen LogP) is 3.08. The van der Waals surface area contributed by atoms with Crippen molar-refractivity contribution in [3.63, 3.8) is 0 Å². The van der Waals surface area contributed by atoms with E-state index in [1.54, 1.807) is 32.6 Å². The standard InChI is InChI=1S/C20H23N5O4S/c1-6-29-19(27)17-12(3)18(21-13(17)4)15(26)10-30-20-22-23-24-25(20)14-9-11(2)7-8-16(14)28-5/h7-9,21H,6,10H2,1-5H3. The van der Waals surface area contributed by atoms with E-state index < -0.39 is 5.97 Å². The molecule has 0 bridgehead atoms. The number of tetrazole rings is 1. The molecule has 0 spiro atoms. The van der Waals surface area contributed by atoms with E-state index in [0.717, 1.165) is 5.56 Å². The number of aromatic amines is 1. The molecule has 1 N–H and O–H groups in total. The minimum atomic E-state index is -0.439. The number of benzene rings is 1. The zero-order valence-electron chi connectivity index (χ0n) is 17.5. The van der Waals surface area contributed by atoms with Crippen LogP contribution < -0.4 is 4.74 Å². The fourth-order valence-electron chi connectivity index (χ4n) is 3.13. The van der Waals surface area contributed by atoms with Gasteiger partial charge >= 0.3 is 5.97 Å². The number of thioether (sulfide) groups is 1. The molecule has 0 saturated heterocycles. The Bertz CT molecular complexity index is 1090. The number of carbonyl (C=O) groups excluding carboxylic acids is 2. The second kappa shape index (κ2) is 9.12. The quantitative estimate of drug-likeness (QED) is 0.330. The fourth-order valence-corrected chi connectivity index (χ4v) is 3.88. The van der Waals surface area contributed by atoms with Gasteiger partial charge in [0.25, 0.3) is 0 Å². The number of hydrogen-bond donors (Lipinski definition) is 1. The summed E-state index contributed by atoms with van der Waals surface area (Å²) in [5.41, 5.74) is 3.69. The number of aromatic nitrogens is 5. The molecule has 0 saturated carbocycles. The number of rotatable bonds is 8. The van der Waals surface area contributed by atoms with Crippen molar-refractivity contribution in [3.05, 3.63) is 46.3 Å². The van der Waals surface area contributed by atoms with Gasteiger partial charge in [-0.15, -0.1) is 5.10 Å². The second-order valence-corrected chi connectivity index (χ2v) is 7.55. The molecule has 30 heavy (non-hydrogen) atoms. The number of carbonyl (C=O) groups is 2. The van der Waals surface area contributed by atoms with Gasteiger partial charge in [-0.05, 0) is 61.4 Å². The SMILES string of the molecule is CCOC(=O)c1c(C)[nH]c(C(=O)CSc2nnnn2-c2cc(C)ccc2OC)c1C. The Labute approximate surface area is 178 Å². The predicted molar refractivity (Wildman–Crippen MR) is 112 cm³/mol. The second-order valence-electron chi connectivity index (χ2n) is 6.61. The third-order valence-corrected chi connectivity index (χ3v) is 5.45. The molecule has 9 nitrogen and oxygen atoms in total. The van der Waals surface area contributed by atoms with Gasteiger partial charge < -0.3 is 14.5 Å². The van der Waals surface area contributed by atoms with Gasteiger partial charge in [0.15, 0.2) is 5.78 Å². The molecule has 158 valence electrons. The van der Waals surface area contributed by atoms with Crippen molar-refractivity contribution < 1.29 is 19.1 Å². The van der Waals surface area contributed by atoms with Crippen molar-refractivity contribution in [1.82, 2.24) is 25.2 Å². The molecule has 0 radical (unpaired) electrons. The first-order valence-corrected chi connectivity index (χ1v) is 10.3. The minimum absolute atomic E-state index is 0.0948. The maximum atomic E-state index is 12.8. The Hall–Kier alpha value is -3.14. The average molecular weight is 430 g/mol. The largest absolute Gasteiger partial charge is 0.494 e. The first kappa shape index (κ1) is 21.6. The number of ketones is 1. The molecule has 3 rings (SSSR count). The van der Waals surface area contributed by atoms with Crippen LogP contribution in [0.15, 0.2) is 23.4 Å². The van der Waals surface area contributed by atoms with Crippen LogP contribution in [0, 0.1) is 20.8 Å². The normalized spacial score (nSPS) is 10.8. The maximum Gasteiger partial charge on any atom is 0.340 e.